The van der Waals surface area contributed by atoms with Crippen LogP contribution >= 0.6 is 0 Å². The number of carboxylic acid groups (broad SMARTS) is 1. The van der Waals surface area contributed by atoms with Crippen LogP contribution in [-0.2, 0) is 9.59 Å². The van der Waals surface area contributed by atoms with E-state index in [0.29, 0.717) is 18.8 Å². The average molecular weight is 317 g/mol. The summed E-state index contributed by atoms with van der Waals surface area (Å²) in [7, 11) is 3.51. The molecule has 0 bridgehead atoms. The second-order valence-electron chi connectivity index (χ2n) is 6.75. The van der Waals surface area contributed by atoms with Gasteiger partial charge in [0, 0.05) is 19.0 Å². The number of hydrogen-bond donors (Lipinski definition) is 1. The van der Waals surface area contributed by atoms with Crippen LogP contribution in [0.1, 0.15) is 37.2 Å². The second-order valence-corrected chi connectivity index (χ2v) is 6.75. The summed E-state index contributed by atoms with van der Waals surface area (Å²) in [4.78, 5) is 25.1. The van der Waals surface area contributed by atoms with E-state index in [2.05, 4.69) is 12.1 Å². The van der Waals surface area contributed by atoms with E-state index < -0.39 is 5.97 Å². The van der Waals surface area contributed by atoms with Crippen LogP contribution in [0.4, 0.5) is 0 Å². The minimum atomic E-state index is -0.779. The number of rotatable bonds is 5. The normalized spacial score (nSPS) is 29.1. The van der Waals surface area contributed by atoms with Crippen LogP contribution in [-0.4, -0.2) is 42.1 Å². The summed E-state index contributed by atoms with van der Waals surface area (Å²) in [6, 6.07) is 8.37. The molecule has 124 valence electrons. The number of benzene rings is 1. The molecule has 0 aromatic heterocycles. The first-order valence-corrected chi connectivity index (χ1v) is 8.13. The lowest BCUT2D eigenvalue weighted by atomic mass is 9.72. The van der Waals surface area contributed by atoms with E-state index in [-0.39, 0.29) is 23.8 Å². The highest BCUT2D eigenvalue weighted by Gasteiger charge is 2.43. The maximum atomic E-state index is 12.4. The van der Waals surface area contributed by atoms with Gasteiger partial charge in [0.05, 0.1) is 13.0 Å². The minimum Gasteiger partial charge on any atom is -0.497 e. The monoisotopic (exact) mass is 317 g/mol. The molecule has 23 heavy (non-hydrogen) atoms. The lowest BCUT2D eigenvalue weighted by Crippen LogP contribution is -2.50. The highest BCUT2D eigenvalue weighted by Crippen LogP contribution is 2.42. The number of methoxy groups -OCH3 is 1. The van der Waals surface area contributed by atoms with Gasteiger partial charge in [-0.2, -0.15) is 0 Å². The lowest BCUT2D eigenvalue weighted by molar-refractivity contribution is -0.152. The van der Waals surface area contributed by atoms with Crippen LogP contribution in [0.3, 0.4) is 0 Å². The van der Waals surface area contributed by atoms with Crippen molar-refractivity contribution in [3.63, 3.8) is 0 Å². The van der Waals surface area contributed by atoms with Crippen LogP contribution in [0.5, 0.6) is 5.75 Å². The van der Waals surface area contributed by atoms with Gasteiger partial charge in [0.2, 0.25) is 5.91 Å². The Labute approximate surface area is 136 Å². The lowest BCUT2D eigenvalue weighted by Gasteiger charge is -2.44. The number of aliphatic carboxylic acids is 1. The van der Waals surface area contributed by atoms with E-state index in [4.69, 9.17) is 9.84 Å². The Morgan fingerprint density at radius 1 is 1.17 bits per heavy atom. The van der Waals surface area contributed by atoms with Gasteiger partial charge in [-0.25, -0.2) is 0 Å². The van der Waals surface area contributed by atoms with E-state index in [9.17, 15) is 9.59 Å². The molecule has 5 nitrogen and oxygen atoms in total. The molecule has 0 heterocycles. The Balaban J connectivity index is 1.50. The fourth-order valence-electron chi connectivity index (χ4n) is 3.56. The molecule has 2 aliphatic rings. The molecule has 1 N–H and O–H groups in total. The Bertz CT molecular complexity index is 603. The van der Waals surface area contributed by atoms with Crippen molar-refractivity contribution in [2.45, 2.75) is 37.6 Å². The van der Waals surface area contributed by atoms with Crippen LogP contribution in [0, 0.1) is 11.8 Å². The number of carbonyl (C=O) groups excluding carboxylic acids is 1. The summed E-state index contributed by atoms with van der Waals surface area (Å²) in [5, 5.41) is 8.91. The van der Waals surface area contributed by atoms with Crippen LogP contribution in [0.15, 0.2) is 24.3 Å². The Morgan fingerprint density at radius 3 is 2.48 bits per heavy atom. The zero-order chi connectivity index (χ0) is 16.6. The molecule has 2 fully saturated rings. The Morgan fingerprint density at radius 2 is 1.87 bits per heavy atom. The van der Waals surface area contributed by atoms with Crippen molar-refractivity contribution in [1.82, 2.24) is 4.90 Å². The maximum absolute atomic E-state index is 12.4. The van der Waals surface area contributed by atoms with E-state index in [1.54, 1.807) is 7.11 Å². The average Bonchev–Trinajstić information content (AvgIpc) is 2.43. The highest BCUT2D eigenvalue weighted by atomic mass is 16.5. The van der Waals surface area contributed by atoms with Crippen molar-refractivity contribution in [2.75, 3.05) is 14.2 Å². The molecule has 5 heteroatoms. The molecule has 0 atom stereocenters. The van der Waals surface area contributed by atoms with E-state index in [1.807, 2.05) is 24.1 Å². The zero-order valence-corrected chi connectivity index (χ0v) is 13.6. The molecule has 0 spiro atoms. The van der Waals surface area contributed by atoms with Crippen molar-refractivity contribution >= 4 is 11.9 Å². The third kappa shape index (κ3) is 3.05. The van der Waals surface area contributed by atoms with Gasteiger partial charge in [0.1, 0.15) is 5.75 Å². The smallest absolute Gasteiger partial charge is 0.306 e. The van der Waals surface area contributed by atoms with Gasteiger partial charge >= 0.3 is 5.97 Å². The first-order chi connectivity index (χ1) is 11.0. The van der Waals surface area contributed by atoms with Gasteiger partial charge in [-0.05, 0) is 49.3 Å². The molecule has 0 unspecified atom stereocenters. The second kappa shape index (κ2) is 6.22. The third-order valence-corrected chi connectivity index (χ3v) is 5.41. The topological polar surface area (TPSA) is 66.8 Å². The number of nitrogens with zero attached hydrogens (tertiary/aromatic N) is 1. The number of amides is 1. The fourth-order valence-corrected chi connectivity index (χ4v) is 3.56. The van der Waals surface area contributed by atoms with Gasteiger partial charge in [-0.15, -0.1) is 0 Å². The van der Waals surface area contributed by atoms with Crippen molar-refractivity contribution in [3.8, 4) is 5.75 Å². The quantitative estimate of drug-likeness (QED) is 0.906. The first-order valence-electron chi connectivity index (χ1n) is 8.13. The Hall–Kier alpha value is -2.04. The van der Waals surface area contributed by atoms with Crippen molar-refractivity contribution in [1.29, 1.82) is 0 Å². The summed E-state index contributed by atoms with van der Waals surface area (Å²) in [6.45, 7) is 0. The summed E-state index contributed by atoms with van der Waals surface area (Å²) in [5.74, 6) is 0.235. The standard InChI is InChI=1S/C18H23NO4/c1-19(17(20)13-6-14(7-13)18(21)22)15-8-12(9-15)11-4-3-5-16(10-11)23-2/h3-5,10,12-15H,6-9H2,1-2H3,(H,21,22). The molecule has 1 amide bonds. The van der Waals surface area contributed by atoms with Crippen LogP contribution < -0.4 is 4.74 Å². The number of carbonyl (C=O) groups is 2. The molecule has 1 aromatic carbocycles. The van der Waals surface area contributed by atoms with Crippen molar-refractivity contribution < 1.29 is 19.4 Å². The fraction of sp³-hybridized carbons (Fsp3) is 0.556. The van der Waals surface area contributed by atoms with E-state index >= 15 is 0 Å². The van der Waals surface area contributed by atoms with E-state index in [1.165, 1.54) is 5.56 Å². The van der Waals surface area contributed by atoms with Gasteiger partial charge < -0.3 is 14.7 Å². The largest absolute Gasteiger partial charge is 0.497 e. The SMILES string of the molecule is COc1cccc(C2CC(N(C)C(=O)C3CC(C(=O)O)C3)C2)c1. The molecule has 0 saturated heterocycles. The van der Waals surface area contributed by atoms with Gasteiger partial charge in [-0.3, -0.25) is 9.59 Å². The number of hydrogen-bond acceptors (Lipinski definition) is 3. The summed E-state index contributed by atoms with van der Waals surface area (Å²) < 4.78 is 5.26. The molecule has 1 aromatic rings. The first kappa shape index (κ1) is 15.8. The van der Waals surface area contributed by atoms with Crippen molar-refractivity contribution in [2.24, 2.45) is 11.8 Å². The molecule has 0 aliphatic heterocycles. The van der Waals surface area contributed by atoms with Gasteiger partial charge in [0.25, 0.3) is 0 Å². The Kier molecular flexibility index (Phi) is 4.28. The molecule has 2 aliphatic carbocycles. The van der Waals surface area contributed by atoms with E-state index in [0.717, 1.165) is 18.6 Å². The molecule has 0 radical (unpaired) electrons. The number of carboxylic acids is 1. The molecule has 2 saturated carbocycles. The van der Waals surface area contributed by atoms with Crippen LogP contribution in [0.25, 0.3) is 0 Å². The summed E-state index contributed by atoms with van der Waals surface area (Å²) in [5.41, 5.74) is 1.26. The summed E-state index contributed by atoms with van der Waals surface area (Å²) >= 11 is 0. The number of ether oxygens (including phenoxy) is 1. The summed E-state index contributed by atoms with van der Waals surface area (Å²) in [6.07, 6.45) is 2.91. The van der Waals surface area contributed by atoms with Gasteiger partial charge in [-0.1, -0.05) is 12.1 Å². The van der Waals surface area contributed by atoms with Gasteiger partial charge in [0.15, 0.2) is 0 Å². The molecular formula is C18H23NO4. The predicted octanol–water partition coefficient (Wildman–Crippen LogP) is 2.51. The predicted molar refractivity (Wildman–Crippen MR) is 85.4 cm³/mol. The van der Waals surface area contributed by atoms with Crippen LogP contribution in [0.2, 0.25) is 0 Å². The minimum absolute atomic E-state index is 0.100. The molecular weight excluding hydrogens is 294 g/mol. The van der Waals surface area contributed by atoms with Crippen molar-refractivity contribution in [3.05, 3.63) is 29.8 Å². The highest BCUT2D eigenvalue weighted by molar-refractivity contribution is 5.83. The maximum Gasteiger partial charge on any atom is 0.306 e. The molecule has 3 rings (SSSR count). The zero-order valence-electron chi connectivity index (χ0n) is 13.6. The third-order valence-electron chi connectivity index (χ3n) is 5.41.